The molecule has 1 aromatic carbocycles. The maximum Gasteiger partial charge on any atom is 0.184 e. The minimum absolute atomic E-state index is 0.101. The van der Waals surface area contributed by atoms with E-state index in [4.69, 9.17) is 0 Å². The molecule has 1 aromatic rings. The van der Waals surface area contributed by atoms with Crippen molar-refractivity contribution >= 4 is 15.6 Å². The van der Waals surface area contributed by atoms with Crippen molar-refractivity contribution in [2.24, 2.45) is 5.92 Å². The van der Waals surface area contributed by atoms with Gasteiger partial charge in [0.1, 0.15) is 10.9 Å². The summed E-state index contributed by atoms with van der Waals surface area (Å²) in [6.07, 6.45) is 0.101. The minimum Gasteiger partial charge on any atom is -0.381 e. The highest BCUT2D eigenvalue weighted by molar-refractivity contribution is 7.92. The van der Waals surface area contributed by atoms with Crippen LogP contribution in [0.25, 0.3) is 0 Å². The summed E-state index contributed by atoms with van der Waals surface area (Å²) in [7, 11) is -3.70. The molecule has 2 rings (SSSR count). The zero-order chi connectivity index (χ0) is 13.6. The minimum atomic E-state index is -3.70. The number of Topliss-reactive ketones (excluding diaryl/α,β-unsaturated/α-hetero) is 1. The van der Waals surface area contributed by atoms with Crippen LogP contribution in [0.5, 0.6) is 0 Å². The predicted octanol–water partition coefficient (Wildman–Crippen LogP) is 1.19. The highest BCUT2D eigenvalue weighted by atomic mass is 32.2. The van der Waals surface area contributed by atoms with E-state index >= 15 is 0 Å². The van der Waals surface area contributed by atoms with Gasteiger partial charge in [-0.25, -0.2) is 8.42 Å². The number of benzene rings is 1. The van der Waals surface area contributed by atoms with Gasteiger partial charge < -0.3 is 5.11 Å². The molecular formula is C13H16O4S. The van der Waals surface area contributed by atoms with Crippen LogP contribution in [0.2, 0.25) is 0 Å². The lowest BCUT2D eigenvalue weighted by Gasteiger charge is -2.26. The highest BCUT2D eigenvalue weighted by Crippen LogP contribution is 2.39. The molecule has 3 atom stereocenters. The van der Waals surface area contributed by atoms with Crippen LogP contribution in [0.4, 0.5) is 0 Å². The largest absolute Gasteiger partial charge is 0.381 e. The predicted molar refractivity (Wildman–Crippen MR) is 66.8 cm³/mol. The van der Waals surface area contributed by atoms with Crippen LogP contribution in [-0.4, -0.2) is 30.2 Å². The van der Waals surface area contributed by atoms with Gasteiger partial charge in [-0.05, 0) is 25.0 Å². The van der Waals surface area contributed by atoms with E-state index in [1.54, 1.807) is 25.1 Å². The molecule has 0 aliphatic heterocycles. The summed E-state index contributed by atoms with van der Waals surface area (Å²) in [4.78, 5) is 11.8. The molecular weight excluding hydrogens is 252 g/mol. The Bertz CT molecular complexity index is 560. The first-order chi connectivity index (χ1) is 8.28. The Hall–Kier alpha value is -1.20. The lowest BCUT2D eigenvalue weighted by molar-refractivity contribution is -0.131. The van der Waals surface area contributed by atoms with E-state index in [1.807, 2.05) is 0 Å². The van der Waals surface area contributed by atoms with Gasteiger partial charge in [-0.1, -0.05) is 25.1 Å². The van der Waals surface area contributed by atoms with Crippen molar-refractivity contribution in [3.63, 3.8) is 0 Å². The fourth-order valence-electron chi connectivity index (χ4n) is 2.68. The summed E-state index contributed by atoms with van der Waals surface area (Å²) in [5, 5.41) is 9.09. The third-order valence-electron chi connectivity index (χ3n) is 3.55. The van der Waals surface area contributed by atoms with E-state index in [9.17, 15) is 18.3 Å². The van der Waals surface area contributed by atoms with Gasteiger partial charge in [-0.2, -0.15) is 0 Å². The number of hydrogen-bond donors (Lipinski definition) is 1. The van der Waals surface area contributed by atoms with Gasteiger partial charge in [0.2, 0.25) is 0 Å². The third-order valence-corrected chi connectivity index (χ3v) is 6.07. The van der Waals surface area contributed by atoms with Gasteiger partial charge in [0.05, 0.1) is 4.90 Å². The lowest BCUT2D eigenvalue weighted by Crippen LogP contribution is -2.46. The molecule has 5 heteroatoms. The van der Waals surface area contributed by atoms with Crippen molar-refractivity contribution in [2.45, 2.75) is 36.0 Å². The molecule has 4 nitrogen and oxygen atoms in total. The van der Waals surface area contributed by atoms with E-state index in [-0.39, 0.29) is 17.2 Å². The smallest absolute Gasteiger partial charge is 0.184 e. The number of ketones is 1. The van der Waals surface area contributed by atoms with Gasteiger partial charge in [-0.15, -0.1) is 0 Å². The number of hydrogen-bond acceptors (Lipinski definition) is 4. The average Bonchev–Trinajstić information content (AvgIpc) is 2.49. The zero-order valence-electron chi connectivity index (χ0n) is 10.3. The Morgan fingerprint density at radius 3 is 2.28 bits per heavy atom. The van der Waals surface area contributed by atoms with Crippen molar-refractivity contribution < 1.29 is 18.3 Å². The highest BCUT2D eigenvalue weighted by Gasteiger charge is 2.55. The number of aliphatic hydroxyl groups is 1. The second-order valence-electron chi connectivity index (χ2n) is 5.03. The lowest BCUT2D eigenvalue weighted by atomic mass is 10.0. The van der Waals surface area contributed by atoms with Crippen LogP contribution in [-0.2, 0) is 14.6 Å². The SMILES string of the molecule is C[C@@H]1CC(=O)[C@](C)(O)[C@H]1S(=O)(=O)c1ccccc1. The van der Waals surface area contributed by atoms with Gasteiger partial charge in [0.25, 0.3) is 0 Å². The van der Waals surface area contributed by atoms with E-state index in [0.29, 0.717) is 0 Å². The summed E-state index contributed by atoms with van der Waals surface area (Å²) in [6.45, 7) is 2.98. The number of carbonyl (C=O) groups is 1. The summed E-state index contributed by atoms with van der Waals surface area (Å²) in [6, 6.07) is 7.95. The van der Waals surface area contributed by atoms with Crippen LogP contribution >= 0.6 is 0 Å². The number of rotatable bonds is 2. The molecule has 0 saturated heterocycles. The molecule has 18 heavy (non-hydrogen) atoms. The molecule has 1 fully saturated rings. The monoisotopic (exact) mass is 268 g/mol. The Morgan fingerprint density at radius 2 is 1.83 bits per heavy atom. The molecule has 1 aliphatic rings. The Kier molecular flexibility index (Phi) is 3.07. The number of carbonyl (C=O) groups excluding carboxylic acids is 1. The summed E-state index contributed by atoms with van der Waals surface area (Å²) < 4.78 is 25.0. The van der Waals surface area contributed by atoms with Crippen molar-refractivity contribution in [1.82, 2.24) is 0 Å². The first-order valence-electron chi connectivity index (χ1n) is 5.82. The molecule has 0 unspecified atom stereocenters. The quantitative estimate of drug-likeness (QED) is 0.874. The standard InChI is InChI=1S/C13H16O4S/c1-9-8-11(14)13(2,15)12(9)18(16,17)10-6-4-3-5-7-10/h3-7,9,12,15H,8H2,1-2H3/t9-,12+,13+/m1/s1. The summed E-state index contributed by atoms with van der Waals surface area (Å²) >= 11 is 0. The second-order valence-corrected chi connectivity index (χ2v) is 7.10. The maximum absolute atomic E-state index is 12.5. The molecule has 1 saturated carbocycles. The molecule has 0 spiro atoms. The van der Waals surface area contributed by atoms with Crippen LogP contribution in [0, 0.1) is 5.92 Å². The van der Waals surface area contributed by atoms with Gasteiger partial charge >= 0.3 is 0 Å². The zero-order valence-corrected chi connectivity index (χ0v) is 11.1. The Morgan fingerprint density at radius 1 is 1.28 bits per heavy atom. The van der Waals surface area contributed by atoms with E-state index in [2.05, 4.69) is 0 Å². The van der Waals surface area contributed by atoms with Crippen LogP contribution in [0.15, 0.2) is 35.2 Å². The normalized spacial score (nSPS) is 32.7. The van der Waals surface area contributed by atoms with Gasteiger partial charge in [0, 0.05) is 6.42 Å². The van der Waals surface area contributed by atoms with Crippen molar-refractivity contribution in [1.29, 1.82) is 0 Å². The van der Waals surface area contributed by atoms with E-state index in [1.165, 1.54) is 19.1 Å². The molecule has 0 radical (unpaired) electrons. The topological polar surface area (TPSA) is 71.4 Å². The number of sulfone groups is 1. The molecule has 0 amide bonds. The van der Waals surface area contributed by atoms with Gasteiger partial charge in [0.15, 0.2) is 15.6 Å². The van der Waals surface area contributed by atoms with Crippen LogP contribution < -0.4 is 0 Å². The van der Waals surface area contributed by atoms with Crippen LogP contribution in [0.1, 0.15) is 20.3 Å². The van der Waals surface area contributed by atoms with Gasteiger partial charge in [-0.3, -0.25) is 4.79 Å². The molecule has 1 aliphatic carbocycles. The fourth-order valence-corrected chi connectivity index (χ4v) is 4.96. The summed E-state index contributed by atoms with van der Waals surface area (Å²) in [5.41, 5.74) is -1.80. The first-order valence-corrected chi connectivity index (χ1v) is 7.37. The van der Waals surface area contributed by atoms with Crippen molar-refractivity contribution in [3.8, 4) is 0 Å². The molecule has 1 N–H and O–H groups in total. The van der Waals surface area contributed by atoms with Crippen LogP contribution in [0.3, 0.4) is 0 Å². The molecule has 0 bridgehead atoms. The molecule has 0 heterocycles. The van der Waals surface area contributed by atoms with Crippen molar-refractivity contribution in [2.75, 3.05) is 0 Å². The first kappa shape index (κ1) is 13.2. The average molecular weight is 268 g/mol. The fraction of sp³-hybridized carbons (Fsp3) is 0.462. The van der Waals surface area contributed by atoms with E-state index in [0.717, 1.165) is 0 Å². The third kappa shape index (κ3) is 1.87. The Balaban J connectivity index is 2.52. The molecule has 0 aromatic heterocycles. The Labute approximate surface area is 107 Å². The van der Waals surface area contributed by atoms with Crippen molar-refractivity contribution in [3.05, 3.63) is 30.3 Å². The molecule has 98 valence electrons. The second kappa shape index (κ2) is 4.17. The summed E-state index contributed by atoms with van der Waals surface area (Å²) in [5.74, 6) is -0.780. The maximum atomic E-state index is 12.5. The van der Waals surface area contributed by atoms with E-state index < -0.39 is 26.5 Å².